The molecule has 3 aromatic rings. The number of aliphatic hydroxyl groups is 1. The third-order valence-electron chi connectivity index (χ3n) is 5.04. The molecule has 6 nitrogen and oxygen atoms in total. The molecule has 0 fully saturated rings. The van der Waals surface area contributed by atoms with Crippen LogP contribution >= 0.6 is 0 Å². The summed E-state index contributed by atoms with van der Waals surface area (Å²) in [4.78, 5) is 29.9. The van der Waals surface area contributed by atoms with Gasteiger partial charge in [0, 0.05) is 0 Å². The second kappa shape index (κ2) is 11.6. The zero-order chi connectivity index (χ0) is 22.9. The number of pyridine rings is 1. The molecule has 1 heterocycles. The number of nitrogens with one attached hydrogen (secondary N) is 2. The van der Waals surface area contributed by atoms with Crippen molar-refractivity contribution in [2.45, 2.75) is 38.5 Å². The minimum absolute atomic E-state index is 0.183. The molecule has 2 aromatic carbocycles. The van der Waals surface area contributed by atoms with E-state index in [4.69, 9.17) is 0 Å². The van der Waals surface area contributed by atoms with E-state index in [9.17, 15) is 14.7 Å². The van der Waals surface area contributed by atoms with Gasteiger partial charge in [-0.05, 0) is 12.5 Å². The van der Waals surface area contributed by atoms with E-state index < -0.39 is 18.1 Å². The number of rotatable bonds is 9. The molecule has 32 heavy (non-hydrogen) atoms. The Morgan fingerprint density at radius 2 is 1.69 bits per heavy atom. The Morgan fingerprint density at radius 3 is 2.38 bits per heavy atom. The maximum atomic E-state index is 13.0. The molecule has 0 spiro atoms. The van der Waals surface area contributed by atoms with Crippen LogP contribution in [0.3, 0.4) is 0 Å². The van der Waals surface area contributed by atoms with Crippen molar-refractivity contribution in [2.24, 2.45) is 0 Å². The summed E-state index contributed by atoms with van der Waals surface area (Å²) in [6.45, 7) is 2.29. The molecular weight excluding hydrogens is 465 g/mol. The second-order valence-corrected chi connectivity index (χ2v) is 9.01. The number of aryl methyl sites for hydroxylation is 1. The van der Waals surface area contributed by atoms with E-state index in [0.717, 1.165) is 26.7 Å². The molecule has 0 aliphatic rings. The number of hydrogen-bond acceptors (Lipinski definition) is 4. The van der Waals surface area contributed by atoms with Crippen molar-refractivity contribution in [2.75, 3.05) is 0 Å². The molecule has 2 amide bonds. The van der Waals surface area contributed by atoms with Crippen LogP contribution in [0.4, 0.5) is 0 Å². The zero-order valence-electron chi connectivity index (χ0n) is 18.0. The van der Waals surface area contributed by atoms with Crippen LogP contribution in [0.2, 0.25) is 0 Å². The molecule has 0 saturated heterocycles. The first-order valence-corrected chi connectivity index (χ1v) is 11.7. The van der Waals surface area contributed by atoms with Crippen LogP contribution in [-0.4, -0.2) is 50.9 Å². The number of aliphatic hydroxyl groups excluding tert-OH is 1. The Hall–Kier alpha value is -2.95. The van der Waals surface area contributed by atoms with Gasteiger partial charge in [0.1, 0.15) is 0 Å². The Kier molecular flexibility index (Phi) is 8.60. The fourth-order valence-electron chi connectivity index (χ4n) is 3.33. The summed E-state index contributed by atoms with van der Waals surface area (Å²) in [6, 6.07) is 20.1. The van der Waals surface area contributed by atoms with Gasteiger partial charge in [-0.1, -0.05) is 36.4 Å². The normalized spacial score (nSPS) is 12.6. The number of amides is 2. The fraction of sp³-hybridized carbons (Fsp3) is 0.240. The third kappa shape index (κ3) is 7.33. The van der Waals surface area contributed by atoms with E-state index in [0.29, 0.717) is 13.0 Å². The van der Waals surface area contributed by atoms with Crippen molar-refractivity contribution in [3.63, 3.8) is 0 Å². The molecule has 0 aliphatic carbocycles. The number of benzene rings is 2. The first kappa shape index (κ1) is 23.7. The molecule has 3 N–H and O–H groups in total. The number of aromatic nitrogens is 1. The molecule has 0 aliphatic heterocycles. The summed E-state index contributed by atoms with van der Waals surface area (Å²) < 4.78 is 0.963. The standard InChI is InChI=1S/C25H28AsN3O3/c1-17-6-5-9-19(12-17)13-21(24(31)28-16-20-10-11-23(26)27-15-20)29-25(32)22(30)14-18-7-3-2-4-8-18/h2-12,15,21-22,30H,13-14,16,26H2,1H3,(H,28,31)(H,29,32)/t21-,22+/m0/s1. The van der Waals surface area contributed by atoms with Crippen LogP contribution in [-0.2, 0) is 29.0 Å². The Balaban J connectivity index is 1.68. The van der Waals surface area contributed by atoms with E-state index in [1.54, 1.807) is 6.20 Å². The first-order chi connectivity index (χ1) is 15.4. The predicted molar refractivity (Wildman–Crippen MR) is 127 cm³/mol. The van der Waals surface area contributed by atoms with Gasteiger partial charge in [0.25, 0.3) is 0 Å². The SMILES string of the molecule is Cc1cccc(C[C@H](NC(=O)[C@H](O)Cc2ccccc2)C(=O)NCc2ccc([AsH2])nc2)c1. The topological polar surface area (TPSA) is 91.3 Å². The Bertz CT molecular complexity index is 1040. The minimum atomic E-state index is -1.24. The van der Waals surface area contributed by atoms with Gasteiger partial charge >= 0.3 is 148 Å². The van der Waals surface area contributed by atoms with Gasteiger partial charge in [-0.2, -0.15) is 0 Å². The summed E-state index contributed by atoms with van der Waals surface area (Å²) in [6.07, 6.45) is 0.997. The first-order valence-electron chi connectivity index (χ1n) is 10.5. The van der Waals surface area contributed by atoms with E-state index in [-0.39, 0.29) is 12.3 Å². The molecule has 0 radical (unpaired) electrons. The number of carbonyl (C=O) groups excluding carboxylic acids is 2. The quantitative estimate of drug-likeness (QED) is 0.381. The van der Waals surface area contributed by atoms with Crippen molar-refractivity contribution >= 4 is 33.1 Å². The summed E-state index contributed by atoms with van der Waals surface area (Å²) in [5, 5.41) is 16.0. The molecule has 1 unspecified atom stereocenters. The van der Waals surface area contributed by atoms with E-state index in [1.165, 1.54) is 16.9 Å². The van der Waals surface area contributed by atoms with Crippen LogP contribution in [0.25, 0.3) is 0 Å². The Morgan fingerprint density at radius 1 is 0.938 bits per heavy atom. The third-order valence-corrected chi connectivity index (χ3v) is 5.76. The summed E-state index contributed by atoms with van der Waals surface area (Å²) in [7, 11) is 0. The molecule has 166 valence electrons. The zero-order valence-corrected chi connectivity index (χ0v) is 20.4. The molecule has 0 saturated carbocycles. The van der Waals surface area contributed by atoms with Gasteiger partial charge in [0.05, 0.1) is 0 Å². The van der Waals surface area contributed by atoms with Gasteiger partial charge in [-0.3, -0.25) is 0 Å². The average Bonchev–Trinajstić information content (AvgIpc) is 2.78. The fourth-order valence-corrected chi connectivity index (χ4v) is 3.69. The van der Waals surface area contributed by atoms with Gasteiger partial charge in [0.2, 0.25) is 0 Å². The summed E-state index contributed by atoms with van der Waals surface area (Å²) in [5.74, 6) is -0.877. The van der Waals surface area contributed by atoms with Crippen LogP contribution < -0.4 is 15.1 Å². The second-order valence-electron chi connectivity index (χ2n) is 7.77. The number of hydrogen-bond donors (Lipinski definition) is 3. The molecule has 3 rings (SSSR count). The summed E-state index contributed by atoms with van der Waals surface area (Å²) in [5.41, 5.74) is 3.74. The number of carbonyl (C=O) groups is 2. The van der Waals surface area contributed by atoms with Crippen molar-refractivity contribution in [1.82, 2.24) is 15.6 Å². The van der Waals surface area contributed by atoms with Crippen LogP contribution in [0.1, 0.15) is 22.3 Å². The molecule has 1 aromatic heterocycles. The predicted octanol–water partition coefficient (Wildman–Crippen LogP) is 0.596. The van der Waals surface area contributed by atoms with Crippen molar-refractivity contribution in [3.05, 3.63) is 95.2 Å². The number of nitrogens with zero attached hydrogens (tertiary/aromatic N) is 1. The van der Waals surface area contributed by atoms with Crippen LogP contribution in [0.15, 0.2) is 72.9 Å². The van der Waals surface area contributed by atoms with Gasteiger partial charge in [-0.15, -0.1) is 0 Å². The average molecular weight is 493 g/mol. The summed E-state index contributed by atoms with van der Waals surface area (Å²) >= 11 is 1.44. The Labute approximate surface area is 197 Å². The van der Waals surface area contributed by atoms with Gasteiger partial charge < -0.3 is 0 Å². The van der Waals surface area contributed by atoms with Crippen molar-refractivity contribution in [3.8, 4) is 0 Å². The van der Waals surface area contributed by atoms with Gasteiger partial charge in [-0.25, -0.2) is 0 Å². The van der Waals surface area contributed by atoms with Gasteiger partial charge in [0.15, 0.2) is 0 Å². The van der Waals surface area contributed by atoms with Crippen molar-refractivity contribution in [1.29, 1.82) is 0 Å². The van der Waals surface area contributed by atoms with E-state index >= 15 is 0 Å². The van der Waals surface area contributed by atoms with Crippen LogP contribution in [0, 0.1) is 6.92 Å². The molecule has 7 heteroatoms. The molecule has 3 atom stereocenters. The monoisotopic (exact) mass is 493 g/mol. The van der Waals surface area contributed by atoms with E-state index in [2.05, 4.69) is 15.6 Å². The van der Waals surface area contributed by atoms with Crippen molar-refractivity contribution < 1.29 is 14.7 Å². The molecular formula is C25H28AsN3O3. The maximum absolute atomic E-state index is 13.0. The molecule has 0 bridgehead atoms. The van der Waals surface area contributed by atoms with E-state index in [1.807, 2.05) is 73.7 Å². The van der Waals surface area contributed by atoms with Crippen LogP contribution in [0.5, 0.6) is 0 Å².